The molecule has 3 aromatic rings. The van der Waals surface area contributed by atoms with E-state index in [1.165, 1.54) is 7.11 Å². The molecule has 0 fully saturated rings. The summed E-state index contributed by atoms with van der Waals surface area (Å²) in [7, 11) is 1.40. The van der Waals surface area contributed by atoms with Crippen molar-refractivity contribution in [3.8, 4) is 0 Å². The number of amides is 1. The number of carbonyl (C=O) groups is 2. The molecule has 0 aliphatic carbocycles. The molecule has 1 aliphatic rings. The second-order valence-corrected chi connectivity index (χ2v) is 9.03. The Kier molecular flexibility index (Phi) is 6.91. The van der Waals surface area contributed by atoms with Crippen LogP contribution in [0.1, 0.15) is 68.9 Å². The van der Waals surface area contributed by atoms with E-state index in [9.17, 15) is 14.7 Å². The number of methoxy groups -OCH3 is 1. The molecule has 2 aromatic carbocycles. The zero-order valence-corrected chi connectivity index (χ0v) is 20.3. The maximum absolute atomic E-state index is 12.5. The summed E-state index contributed by atoms with van der Waals surface area (Å²) >= 11 is 0. The van der Waals surface area contributed by atoms with Crippen molar-refractivity contribution in [3.05, 3.63) is 59.4 Å². The van der Waals surface area contributed by atoms with Gasteiger partial charge in [-0.3, -0.25) is 9.69 Å². The van der Waals surface area contributed by atoms with E-state index in [0.29, 0.717) is 6.42 Å². The Morgan fingerprint density at radius 1 is 1.15 bits per heavy atom. The third-order valence-corrected chi connectivity index (χ3v) is 7.09. The molecule has 1 aromatic heterocycles. The Morgan fingerprint density at radius 2 is 1.85 bits per heavy atom. The fourth-order valence-corrected chi connectivity index (χ4v) is 5.24. The fraction of sp³-hybridized carbons (Fsp3) is 0.444. The van der Waals surface area contributed by atoms with E-state index in [4.69, 9.17) is 9.72 Å². The van der Waals surface area contributed by atoms with Gasteiger partial charge >= 0.3 is 12.1 Å². The SMILES string of the molecule is CCC(CC)n1c(CC(C(=O)O)c2ccccc2)nc2c3c(ccc21)N(C(=O)OC)[C@@H](C)CC3. The number of hydrogen-bond acceptors (Lipinski definition) is 4. The van der Waals surface area contributed by atoms with Crippen LogP contribution in [0, 0.1) is 0 Å². The summed E-state index contributed by atoms with van der Waals surface area (Å²) in [5.74, 6) is -0.771. The van der Waals surface area contributed by atoms with Crippen molar-refractivity contribution in [2.24, 2.45) is 0 Å². The minimum absolute atomic E-state index is 0.0347. The predicted octanol–water partition coefficient (Wildman–Crippen LogP) is 5.72. The molecule has 2 atom stereocenters. The fourth-order valence-electron chi connectivity index (χ4n) is 5.24. The highest BCUT2D eigenvalue weighted by atomic mass is 16.5. The molecular formula is C27H33N3O4. The van der Waals surface area contributed by atoms with E-state index >= 15 is 0 Å². The van der Waals surface area contributed by atoms with E-state index in [0.717, 1.165) is 59.4 Å². The van der Waals surface area contributed by atoms with Crippen molar-refractivity contribution >= 4 is 28.8 Å². The lowest BCUT2D eigenvalue weighted by atomic mass is 9.95. The van der Waals surface area contributed by atoms with Crippen molar-refractivity contribution in [1.29, 1.82) is 0 Å². The van der Waals surface area contributed by atoms with E-state index in [2.05, 4.69) is 18.4 Å². The monoisotopic (exact) mass is 463 g/mol. The van der Waals surface area contributed by atoms with Crippen LogP contribution in [-0.2, 0) is 22.4 Å². The van der Waals surface area contributed by atoms with Crippen molar-refractivity contribution in [3.63, 3.8) is 0 Å². The summed E-state index contributed by atoms with van der Waals surface area (Å²) < 4.78 is 7.29. The number of aromatic nitrogens is 2. The van der Waals surface area contributed by atoms with Crippen LogP contribution in [0.3, 0.4) is 0 Å². The minimum Gasteiger partial charge on any atom is -0.481 e. The van der Waals surface area contributed by atoms with Gasteiger partial charge in [0, 0.05) is 24.1 Å². The summed E-state index contributed by atoms with van der Waals surface area (Å²) in [5.41, 5.74) is 4.48. The molecule has 4 rings (SSSR count). The number of hydrogen-bond donors (Lipinski definition) is 1. The van der Waals surface area contributed by atoms with Crippen molar-refractivity contribution in [2.75, 3.05) is 12.0 Å². The number of imidazole rings is 1. The van der Waals surface area contributed by atoms with Gasteiger partial charge in [-0.1, -0.05) is 44.2 Å². The Balaban J connectivity index is 1.89. The minimum atomic E-state index is -0.859. The first-order chi connectivity index (χ1) is 16.4. The van der Waals surface area contributed by atoms with E-state index in [1.807, 2.05) is 49.4 Å². The average Bonchev–Trinajstić information content (AvgIpc) is 3.21. The normalized spacial score (nSPS) is 16.5. The second kappa shape index (κ2) is 9.87. The highest BCUT2D eigenvalue weighted by molar-refractivity contribution is 5.95. The highest BCUT2D eigenvalue weighted by Gasteiger charge is 2.32. The molecule has 0 saturated heterocycles. The number of anilines is 1. The number of carboxylic acids is 1. The summed E-state index contributed by atoms with van der Waals surface area (Å²) in [6.45, 7) is 6.32. The van der Waals surface area contributed by atoms with Gasteiger partial charge in [-0.25, -0.2) is 9.78 Å². The first kappa shape index (κ1) is 23.8. The molecule has 1 amide bonds. The number of ether oxygens (including phenoxy) is 1. The van der Waals surface area contributed by atoms with Gasteiger partial charge in [0.2, 0.25) is 0 Å². The molecule has 180 valence electrons. The first-order valence-electron chi connectivity index (χ1n) is 12.1. The van der Waals surface area contributed by atoms with E-state index in [-0.39, 0.29) is 18.2 Å². The van der Waals surface area contributed by atoms with Crippen LogP contribution in [-0.4, -0.2) is 39.9 Å². The van der Waals surface area contributed by atoms with Gasteiger partial charge in [0.25, 0.3) is 0 Å². The van der Waals surface area contributed by atoms with Crippen LogP contribution in [0.2, 0.25) is 0 Å². The number of carboxylic acid groups (broad SMARTS) is 1. The number of aryl methyl sites for hydroxylation is 1. The maximum atomic E-state index is 12.5. The Hall–Kier alpha value is -3.35. The van der Waals surface area contributed by atoms with Crippen LogP contribution >= 0.6 is 0 Å². The van der Waals surface area contributed by atoms with Gasteiger partial charge in [0.15, 0.2) is 0 Å². The van der Waals surface area contributed by atoms with Gasteiger partial charge in [0.1, 0.15) is 5.82 Å². The number of rotatable bonds is 7. The second-order valence-electron chi connectivity index (χ2n) is 9.03. The molecule has 2 heterocycles. The van der Waals surface area contributed by atoms with Crippen molar-refractivity contribution in [1.82, 2.24) is 9.55 Å². The Labute approximate surface area is 200 Å². The van der Waals surface area contributed by atoms with E-state index in [1.54, 1.807) is 4.90 Å². The quantitative estimate of drug-likeness (QED) is 0.485. The zero-order chi connectivity index (χ0) is 24.4. The summed E-state index contributed by atoms with van der Waals surface area (Å²) in [5, 5.41) is 10.1. The molecule has 7 nitrogen and oxygen atoms in total. The van der Waals surface area contributed by atoms with Crippen molar-refractivity contribution in [2.45, 2.75) is 70.9 Å². The molecule has 0 radical (unpaired) electrons. The molecule has 0 spiro atoms. The lowest BCUT2D eigenvalue weighted by molar-refractivity contribution is -0.138. The van der Waals surface area contributed by atoms with Crippen LogP contribution in [0.5, 0.6) is 0 Å². The number of fused-ring (bicyclic) bond motifs is 3. The van der Waals surface area contributed by atoms with Crippen LogP contribution in [0.15, 0.2) is 42.5 Å². The molecular weight excluding hydrogens is 430 g/mol. The number of aliphatic carboxylic acids is 1. The number of carbonyl (C=O) groups excluding carboxylic acids is 1. The largest absolute Gasteiger partial charge is 0.481 e. The average molecular weight is 464 g/mol. The highest BCUT2D eigenvalue weighted by Crippen LogP contribution is 2.38. The summed E-state index contributed by atoms with van der Waals surface area (Å²) in [4.78, 5) is 31.6. The molecule has 1 N–H and O–H groups in total. The van der Waals surface area contributed by atoms with E-state index < -0.39 is 11.9 Å². The molecule has 1 aliphatic heterocycles. The molecule has 1 unspecified atom stereocenters. The maximum Gasteiger partial charge on any atom is 0.414 e. The van der Waals surface area contributed by atoms with Gasteiger partial charge < -0.3 is 14.4 Å². The molecule has 7 heteroatoms. The van der Waals surface area contributed by atoms with Gasteiger partial charge in [-0.2, -0.15) is 0 Å². The smallest absolute Gasteiger partial charge is 0.414 e. The standard InChI is InChI=1S/C27H33N3O4/c1-5-19(6-2)30-23-15-14-22-20(13-12-17(3)29(22)27(33)34-4)25(23)28-24(30)16-21(26(31)32)18-10-8-7-9-11-18/h7-11,14-15,17,19,21H,5-6,12-13,16H2,1-4H3,(H,31,32)/t17-,21?/m0/s1. The van der Waals surface area contributed by atoms with Gasteiger partial charge in [-0.05, 0) is 50.3 Å². The first-order valence-corrected chi connectivity index (χ1v) is 12.1. The van der Waals surface area contributed by atoms with Gasteiger partial charge in [-0.15, -0.1) is 0 Å². The number of nitrogens with zero attached hydrogens (tertiary/aromatic N) is 3. The Bertz CT molecular complexity index is 1180. The summed E-state index contributed by atoms with van der Waals surface area (Å²) in [6, 6.07) is 13.6. The topological polar surface area (TPSA) is 84.7 Å². The van der Waals surface area contributed by atoms with Crippen LogP contribution < -0.4 is 4.90 Å². The summed E-state index contributed by atoms with van der Waals surface area (Å²) in [6.07, 6.45) is 3.39. The molecule has 34 heavy (non-hydrogen) atoms. The lowest BCUT2D eigenvalue weighted by Crippen LogP contribution is -2.42. The molecule has 0 bridgehead atoms. The predicted molar refractivity (Wildman–Crippen MR) is 133 cm³/mol. The van der Waals surface area contributed by atoms with Gasteiger partial charge in [0.05, 0.1) is 29.7 Å². The van der Waals surface area contributed by atoms with Crippen molar-refractivity contribution < 1.29 is 19.4 Å². The Morgan fingerprint density at radius 3 is 2.47 bits per heavy atom. The zero-order valence-electron chi connectivity index (χ0n) is 20.3. The third-order valence-electron chi connectivity index (χ3n) is 7.09. The molecule has 0 saturated carbocycles. The lowest BCUT2D eigenvalue weighted by Gasteiger charge is -2.34. The van der Waals surface area contributed by atoms with Crippen LogP contribution in [0.4, 0.5) is 10.5 Å². The van der Waals surface area contributed by atoms with Crippen LogP contribution in [0.25, 0.3) is 11.0 Å². The number of benzene rings is 2. The third kappa shape index (κ3) is 4.15.